The Hall–Kier alpha value is -5.06. The number of para-hydroxylation sites is 1. The van der Waals surface area contributed by atoms with Crippen LogP contribution in [0.3, 0.4) is 0 Å². The van der Waals surface area contributed by atoms with E-state index in [2.05, 4.69) is 25.6 Å². The van der Waals surface area contributed by atoms with Crippen LogP contribution in [0.2, 0.25) is 0 Å². The summed E-state index contributed by atoms with van der Waals surface area (Å²) < 4.78 is 17.9. The van der Waals surface area contributed by atoms with E-state index in [1.165, 1.54) is 0 Å². The lowest BCUT2D eigenvalue weighted by Crippen LogP contribution is -2.17. The summed E-state index contributed by atoms with van der Waals surface area (Å²) >= 11 is 0. The molecule has 1 N–H and O–H groups in total. The number of carbonyl (C=O) groups is 2. The van der Waals surface area contributed by atoms with Crippen molar-refractivity contribution in [1.29, 1.82) is 0 Å². The van der Waals surface area contributed by atoms with E-state index in [1.54, 1.807) is 26.0 Å². The Kier molecular flexibility index (Phi) is 7.81. The monoisotopic (exact) mass is 540 g/mol. The molecule has 11 nitrogen and oxygen atoms in total. The van der Waals surface area contributed by atoms with Crippen molar-refractivity contribution in [2.24, 2.45) is 5.92 Å². The maximum Gasteiger partial charge on any atom is 0.343 e. The number of imidazole rings is 1. The summed E-state index contributed by atoms with van der Waals surface area (Å²) in [6, 6.07) is 21.5. The second kappa shape index (κ2) is 11.8. The summed E-state index contributed by atoms with van der Waals surface area (Å²) in [6.45, 7) is 5.62. The standard InChI is InChI=1S/C29H28N6O5/c1-4-38-29-30-24-11-7-10-23(28(37)40-17-39-27(36)18(2)3)25(24)35(29)16-19-12-14-20(15-13-19)21-8-5-6-9-22(21)26-31-33-34-32-26/h5-15,18H,4,16-17H2,1-3H3,(H,31,32,33,34). The minimum atomic E-state index is -0.625. The number of aromatic nitrogens is 6. The molecule has 0 saturated carbocycles. The van der Waals surface area contributed by atoms with E-state index in [4.69, 9.17) is 14.2 Å². The molecule has 2 heterocycles. The molecule has 0 atom stereocenters. The number of hydrogen-bond acceptors (Lipinski definition) is 9. The third-order valence-corrected chi connectivity index (χ3v) is 6.21. The lowest BCUT2D eigenvalue weighted by atomic mass is 9.98. The van der Waals surface area contributed by atoms with Crippen LogP contribution in [0.1, 0.15) is 36.7 Å². The van der Waals surface area contributed by atoms with Gasteiger partial charge in [0.15, 0.2) is 0 Å². The van der Waals surface area contributed by atoms with Crippen LogP contribution < -0.4 is 4.74 Å². The maximum atomic E-state index is 13.0. The van der Waals surface area contributed by atoms with Gasteiger partial charge >= 0.3 is 11.9 Å². The molecule has 5 aromatic rings. The summed E-state index contributed by atoms with van der Waals surface area (Å²) in [6.07, 6.45) is 0. The molecular weight excluding hydrogens is 512 g/mol. The van der Waals surface area contributed by atoms with Gasteiger partial charge in [0.25, 0.3) is 6.01 Å². The molecule has 204 valence electrons. The van der Waals surface area contributed by atoms with Crippen LogP contribution in [0.15, 0.2) is 66.7 Å². The molecule has 0 bridgehead atoms. The number of carbonyl (C=O) groups excluding carboxylic acids is 2. The number of H-pyrrole nitrogens is 1. The number of nitrogens with one attached hydrogen (secondary N) is 1. The molecule has 5 rings (SSSR count). The lowest BCUT2D eigenvalue weighted by molar-refractivity contribution is -0.155. The van der Waals surface area contributed by atoms with E-state index in [0.29, 0.717) is 41.6 Å². The van der Waals surface area contributed by atoms with E-state index >= 15 is 0 Å². The second-order valence-corrected chi connectivity index (χ2v) is 9.23. The molecular formula is C29H28N6O5. The summed E-state index contributed by atoms with van der Waals surface area (Å²) in [5.41, 5.74) is 5.25. The molecule has 11 heteroatoms. The topological polar surface area (TPSA) is 134 Å². The number of aromatic amines is 1. The first-order valence-electron chi connectivity index (χ1n) is 12.8. The van der Waals surface area contributed by atoms with Crippen molar-refractivity contribution in [3.05, 3.63) is 77.9 Å². The van der Waals surface area contributed by atoms with Gasteiger partial charge < -0.3 is 14.2 Å². The third-order valence-electron chi connectivity index (χ3n) is 6.21. The van der Waals surface area contributed by atoms with Crippen molar-refractivity contribution in [2.45, 2.75) is 27.3 Å². The minimum absolute atomic E-state index is 0.294. The van der Waals surface area contributed by atoms with Crippen LogP contribution in [0.25, 0.3) is 33.5 Å². The Bertz CT molecular complexity index is 1630. The Balaban J connectivity index is 1.44. The average molecular weight is 541 g/mol. The predicted octanol–water partition coefficient (Wildman–Crippen LogP) is 4.64. The molecule has 0 radical (unpaired) electrons. The van der Waals surface area contributed by atoms with Crippen LogP contribution in [0.5, 0.6) is 6.01 Å². The van der Waals surface area contributed by atoms with Crippen molar-refractivity contribution in [2.75, 3.05) is 13.4 Å². The molecule has 0 aliphatic carbocycles. The van der Waals surface area contributed by atoms with E-state index in [-0.39, 0.29) is 5.92 Å². The average Bonchev–Trinajstić information content (AvgIpc) is 3.62. The number of tetrazole rings is 1. The van der Waals surface area contributed by atoms with Gasteiger partial charge in [-0.15, -0.1) is 10.2 Å². The normalized spacial score (nSPS) is 11.1. The minimum Gasteiger partial charge on any atom is -0.465 e. The van der Waals surface area contributed by atoms with Gasteiger partial charge in [-0.2, -0.15) is 10.2 Å². The van der Waals surface area contributed by atoms with Crippen LogP contribution in [-0.2, 0) is 20.8 Å². The van der Waals surface area contributed by atoms with Gasteiger partial charge in [0.2, 0.25) is 12.6 Å². The van der Waals surface area contributed by atoms with Crippen LogP contribution in [0, 0.1) is 5.92 Å². The molecule has 0 amide bonds. The van der Waals surface area contributed by atoms with Gasteiger partial charge in [-0.1, -0.05) is 68.4 Å². The first-order chi connectivity index (χ1) is 19.5. The smallest absolute Gasteiger partial charge is 0.343 e. The highest BCUT2D eigenvalue weighted by atomic mass is 16.7. The molecule has 0 aliphatic heterocycles. The zero-order valence-corrected chi connectivity index (χ0v) is 22.3. The SMILES string of the molecule is CCOc1nc2cccc(C(=O)OCOC(=O)C(C)C)c2n1Cc1ccc(-c2ccccc2-c2nn[nH]n2)cc1. The van der Waals surface area contributed by atoms with Crippen LogP contribution in [-0.4, -0.2) is 55.5 Å². The van der Waals surface area contributed by atoms with Crippen LogP contribution >= 0.6 is 0 Å². The van der Waals surface area contributed by atoms with Gasteiger partial charge in [0.05, 0.1) is 35.7 Å². The number of hydrogen-bond donors (Lipinski definition) is 1. The number of nitrogens with zero attached hydrogens (tertiary/aromatic N) is 5. The molecule has 0 unspecified atom stereocenters. The highest BCUT2D eigenvalue weighted by Crippen LogP contribution is 2.31. The molecule has 0 fully saturated rings. The van der Waals surface area contributed by atoms with E-state index in [0.717, 1.165) is 22.3 Å². The van der Waals surface area contributed by atoms with Crippen molar-refractivity contribution >= 4 is 23.0 Å². The zero-order chi connectivity index (χ0) is 28.1. The van der Waals surface area contributed by atoms with Crippen molar-refractivity contribution < 1.29 is 23.8 Å². The molecule has 40 heavy (non-hydrogen) atoms. The zero-order valence-electron chi connectivity index (χ0n) is 22.3. The largest absolute Gasteiger partial charge is 0.465 e. The van der Waals surface area contributed by atoms with Gasteiger partial charge in [0, 0.05) is 5.56 Å². The Morgan fingerprint density at radius 3 is 2.42 bits per heavy atom. The number of rotatable bonds is 10. The van der Waals surface area contributed by atoms with Gasteiger partial charge in [-0.3, -0.25) is 9.36 Å². The molecule has 0 aliphatic rings. The van der Waals surface area contributed by atoms with Crippen molar-refractivity contribution in [3.8, 4) is 28.5 Å². The summed E-state index contributed by atoms with van der Waals surface area (Å²) in [4.78, 5) is 29.3. The van der Waals surface area contributed by atoms with Gasteiger partial charge in [-0.25, -0.2) is 4.79 Å². The predicted molar refractivity (Wildman–Crippen MR) is 146 cm³/mol. The summed E-state index contributed by atoms with van der Waals surface area (Å²) in [5.74, 6) is -0.877. The lowest BCUT2D eigenvalue weighted by Gasteiger charge is -2.13. The quantitative estimate of drug-likeness (QED) is 0.198. The van der Waals surface area contributed by atoms with Gasteiger partial charge in [0.1, 0.15) is 0 Å². The van der Waals surface area contributed by atoms with Crippen molar-refractivity contribution in [3.63, 3.8) is 0 Å². The highest BCUT2D eigenvalue weighted by molar-refractivity contribution is 6.02. The Morgan fingerprint density at radius 1 is 0.950 bits per heavy atom. The summed E-state index contributed by atoms with van der Waals surface area (Å²) in [5, 5.41) is 14.4. The Morgan fingerprint density at radius 2 is 1.73 bits per heavy atom. The van der Waals surface area contributed by atoms with Gasteiger partial charge in [-0.05, 0) is 41.0 Å². The third kappa shape index (κ3) is 5.53. The maximum absolute atomic E-state index is 13.0. The van der Waals surface area contributed by atoms with E-state index in [1.807, 2.05) is 66.1 Å². The fourth-order valence-corrected chi connectivity index (χ4v) is 4.28. The fraction of sp³-hybridized carbons (Fsp3) is 0.241. The van der Waals surface area contributed by atoms with Crippen molar-refractivity contribution in [1.82, 2.24) is 30.2 Å². The first kappa shape index (κ1) is 26.5. The number of fused-ring (bicyclic) bond motifs is 1. The fourth-order valence-electron chi connectivity index (χ4n) is 4.28. The number of ether oxygens (including phenoxy) is 3. The first-order valence-corrected chi connectivity index (χ1v) is 12.8. The molecule has 3 aromatic carbocycles. The van der Waals surface area contributed by atoms with E-state index in [9.17, 15) is 9.59 Å². The van der Waals surface area contributed by atoms with E-state index < -0.39 is 18.7 Å². The van der Waals surface area contributed by atoms with Crippen LogP contribution in [0.4, 0.5) is 0 Å². The Labute approximate surface area is 230 Å². The summed E-state index contributed by atoms with van der Waals surface area (Å²) in [7, 11) is 0. The highest BCUT2D eigenvalue weighted by Gasteiger charge is 2.21. The second-order valence-electron chi connectivity index (χ2n) is 9.23. The number of esters is 2. The molecule has 0 spiro atoms. The number of benzene rings is 3. The molecule has 2 aromatic heterocycles. The molecule has 0 saturated heterocycles.